The first-order valence-corrected chi connectivity index (χ1v) is 10.5. The van der Waals surface area contributed by atoms with Gasteiger partial charge >= 0.3 is 6.18 Å². The molecule has 0 N–H and O–H groups in total. The van der Waals surface area contributed by atoms with Gasteiger partial charge < -0.3 is 4.90 Å². The third-order valence-corrected chi connectivity index (χ3v) is 6.79. The van der Waals surface area contributed by atoms with Crippen LogP contribution in [0.4, 0.5) is 18.9 Å². The Morgan fingerprint density at radius 3 is 2.53 bits per heavy atom. The molecule has 0 spiro atoms. The number of thioether (sulfide) groups is 1. The lowest BCUT2D eigenvalue weighted by atomic mass is 9.72. The number of ketones is 1. The Labute approximate surface area is 176 Å². The minimum absolute atomic E-state index is 0.0928. The van der Waals surface area contributed by atoms with E-state index >= 15 is 0 Å². The Morgan fingerprint density at radius 1 is 1.07 bits per heavy atom. The van der Waals surface area contributed by atoms with Crippen molar-refractivity contribution in [3.05, 3.63) is 70.9 Å². The Bertz CT molecular complexity index is 1130. The molecule has 30 heavy (non-hydrogen) atoms. The Kier molecular flexibility index (Phi) is 4.19. The zero-order valence-corrected chi connectivity index (χ0v) is 17.3. The van der Waals surface area contributed by atoms with Crippen LogP contribution in [0.15, 0.2) is 69.7 Å². The minimum atomic E-state index is -4.52. The predicted octanol–water partition coefficient (Wildman–Crippen LogP) is 6.37. The second kappa shape index (κ2) is 6.48. The van der Waals surface area contributed by atoms with Gasteiger partial charge in [0, 0.05) is 16.9 Å². The number of anilines is 1. The van der Waals surface area contributed by atoms with E-state index in [1.54, 1.807) is 11.0 Å². The Morgan fingerprint density at radius 2 is 1.77 bits per heavy atom. The molecule has 3 aliphatic rings. The standard InChI is InChI=1S/C23H19F3N2OS/c1-22(2)11-15-19(17(29)12-22)20(13-7-3-4-8-14(13)23(24,25)26)28-16-9-5-6-10-18(16)30-21(28)27-15/h3-10,20H,11-12H2,1-2H3. The van der Waals surface area contributed by atoms with E-state index in [9.17, 15) is 18.0 Å². The second-order valence-electron chi connectivity index (χ2n) is 8.62. The van der Waals surface area contributed by atoms with Crippen LogP contribution in [0.3, 0.4) is 0 Å². The van der Waals surface area contributed by atoms with Crippen molar-refractivity contribution in [1.82, 2.24) is 0 Å². The molecule has 154 valence electrons. The van der Waals surface area contributed by atoms with Crippen LogP contribution in [-0.4, -0.2) is 11.0 Å². The summed E-state index contributed by atoms with van der Waals surface area (Å²) in [6.45, 7) is 3.99. The van der Waals surface area contributed by atoms with Gasteiger partial charge in [0.25, 0.3) is 0 Å². The smallest absolute Gasteiger partial charge is 0.308 e. The molecule has 0 saturated heterocycles. The van der Waals surface area contributed by atoms with Crippen LogP contribution >= 0.6 is 11.8 Å². The van der Waals surface area contributed by atoms with Crippen molar-refractivity contribution < 1.29 is 18.0 Å². The molecule has 3 nitrogen and oxygen atoms in total. The van der Waals surface area contributed by atoms with Crippen molar-refractivity contribution in [2.24, 2.45) is 10.4 Å². The van der Waals surface area contributed by atoms with Crippen molar-refractivity contribution in [3.8, 4) is 0 Å². The van der Waals surface area contributed by atoms with Gasteiger partial charge in [-0.1, -0.05) is 44.2 Å². The molecule has 1 aliphatic carbocycles. The summed E-state index contributed by atoms with van der Waals surface area (Å²) >= 11 is 1.44. The van der Waals surface area contributed by atoms with Gasteiger partial charge in [-0.05, 0) is 47.4 Å². The molecule has 5 rings (SSSR count). The third kappa shape index (κ3) is 2.98. The van der Waals surface area contributed by atoms with Crippen molar-refractivity contribution in [2.45, 2.75) is 43.8 Å². The lowest BCUT2D eigenvalue weighted by Crippen LogP contribution is -2.41. The maximum atomic E-state index is 13.9. The van der Waals surface area contributed by atoms with E-state index < -0.39 is 17.8 Å². The van der Waals surface area contributed by atoms with Crippen LogP contribution in [0.1, 0.15) is 43.9 Å². The monoisotopic (exact) mass is 428 g/mol. The van der Waals surface area contributed by atoms with E-state index in [0.29, 0.717) is 29.3 Å². The Balaban J connectivity index is 1.78. The van der Waals surface area contributed by atoms with E-state index in [0.717, 1.165) is 16.6 Å². The lowest BCUT2D eigenvalue weighted by Gasteiger charge is -2.41. The number of allylic oxidation sites excluding steroid dienone is 1. The van der Waals surface area contributed by atoms with E-state index in [2.05, 4.69) is 0 Å². The number of fused-ring (bicyclic) bond motifs is 3. The van der Waals surface area contributed by atoms with Crippen molar-refractivity contribution in [1.29, 1.82) is 0 Å². The summed E-state index contributed by atoms with van der Waals surface area (Å²) in [5.74, 6) is -0.125. The highest BCUT2D eigenvalue weighted by atomic mass is 32.2. The molecule has 2 aliphatic heterocycles. The first-order valence-electron chi connectivity index (χ1n) is 9.73. The fourth-order valence-electron chi connectivity index (χ4n) is 4.56. The number of halogens is 3. The lowest BCUT2D eigenvalue weighted by molar-refractivity contribution is -0.138. The zero-order chi connectivity index (χ0) is 21.3. The largest absolute Gasteiger partial charge is 0.416 e. The fourth-order valence-corrected chi connectivity index (χ4v) is 5.64. The molecule has 2 aromatic rings. The highest BCUT2D eigenvalue weighted by Crippen LogP contribution is 2.54. The highest BCUT2D eigenvalue weighted by molar-refractivity contribution is 8.14. The predicted molar refractivity (Wildman–Crippen MR) is 111 cm³/mol. The number of benzene rings is 2. The topological polar surface area (TPSA) is 32.7 Å². The first kappa shape index (κ1) is 19.4. The zero-order valence-electron chi connectivity index (χ0n) is 16.5. The Hall–Kier alpha value is -2.54. The van der Waals surface area contributed by atoms with Crippen LogP contribution in [0.2, 0.25) is 0 Å². The average molecular weight is 428 g/mol. The molecular weight excluding hydrogens is 409 g/mol. The van der Waals surface area contributed by atoms with Crippen LogP contribution < -0.4 is 4.90 Å². The number of rotatable bonds is 1. The van der Waals surface area contributed by atoms with Crippen LogP contribution in [0, 0.1) is 5.41 Å². The summed E-state index contributed by atoms with van der Waals surface area (Å²) < 4.78 is 41.8. The number of aliphatic imine (C=N–C) groups is 1. The number of carbonyl (C=O) groups excluding carboxylic acids is 1. The molecule has 0 aromatic heterocycles. The summed E-state index contributed by atoms with van der Waals surface area (Å²) in [6.07, 6.45) is -3.66. The van der Waals surface area contributed by atoms with Gasteiger partial charge in [0.05, 0.1) is 23.0 Å². The molecule has 1 unspecified atom stereocenters. The number of nitrogens with zero attached hydrogens (tertiary/aromatic N) is 2. The number of hydrogen-bond acceptors (Lipinski definition) is 4. The SMILES string of the molecule is CC1(C)CC(=O)C2=C(C1)N=C1Sc3ccccc3N1C2c1ccccc1C(F)(F)F. The van der Waals surface area contributed by atoms with Gasteiger partial charge in [-0.25, -0.2) is 4.99 Å². The van der Waals surface area contributed by atoms with Gasteiger partial charge in [0.1, 0.15) is 0 Å². The normalized spacial score (nSPS) is 22.4. The second-order valence-corrected chi connectivity index (χ2v) is 9.63. The summed E-state index contributed by atoms with van der Waals surface area (Å²) in [5.41, 5.74) is 0.904. The number of para-hydroxylation sites is 1. The van der Waals surface area contributed by atoms with E-state index in [1.165, 1.54) is 23.9 Å². The van der Waals surface area contributed by atoms with Gasteiger partial charge in [-0.3, -0.25) is 4.79 Å². The quantitative estimate of drug-likeness (QED) is 0.529. The molecule has 1 atom stereocenters. The first-order chi connectivity index (χ1) is 14.2. The van der Waals surface area contributed by atoms with Gasteiger partial charge in [0.2, 0.25) is 0 Å². The van der Waals surface area contributed by atoms with E-state index in [4.69, 9.17) is 4.99 Å². The maximum absolute atomic E-state index is 13.9. The number of carbonyl (C=O) groups is 1. The summed E-state index contributed by atoms with van der Waals surface area (Å²) in [5, 5.41) is 0.627. The van der Waals surface area contributed by atoms with Gasteiger partial charge in [-0.15, -0.1) is 0 Å². The van der Waals surface area contributed by atoms with Crippen molar-refractivity contribution >= 4 is 28.4 Å². The molecule has 2 heterocycles. The van der Waals surface area contributed by atoms with Crippen LogP contribution in [0.5, 0.6) is 0 Å². The molecule has 0 saturated carbocycles. The molecule has 0 bridgehead atoms. The van der Waals surface area contributed by atoms with Crippen molar-refractivity contribution in [2.75, 3.05) is 4.90 Å². The summed E-state index contributed by atoms with van der Waals surface area (Å²) in [4.78, 5) is 20.8. The molecule has 0 amide bonds. The third-order valence-electron chi connectivity index (χ3n) is 5.75. The fraction of sp³-hybridized carbons (Fsp3) is 0.304. The highest BCUT2D eigenvalue weighted by Gasteiger charge is 2.48. The van der Waals surface area contributed by atoms with Crippen molar-refractivity contribution in [3.63, 3.8) is 0 Å². The maximum Gasteiger partial charge on any atom is 0.416 e. The van der Waals surface area contributed by atoms with E-state index in [1.807, 2.05) is 38.1 Å². The molecule has 0 fully saturated rings. The molecule has 2 aromatic carbocycles. The summed E-state index contributed by atoms with van der Waals surface area (Å²) in [7, 11) is 0. The number of alkyl halides is 3. The minimum Gasteiger partial charge on any atom is -0.308 e. The van der Waals surface area contributed by atoms with Crippen LogP contribution in [-0.2, 0) is 11.0 Å². The van der Waals surface area contributed by atoms with Crippen LogP contribution in [0.25, 0.3) is 0 Å². The van der Waals surface area contributed by atoms with Gasteiger partial charge in [-0.2, -0.15) is 13.2 Å². The van der Waals surface area contributed by atoms with Gasteiger partial charge in [0.15, 0.2) is 11.0 Å². The molecular formula is C23H19F3N2OS. The average Bonchev–Trinajstić information content (AvgIpc) is 3.02. The number of hydrogen-bond donors (Lipinski definition) is 0. The number of Topliss-reactive ketones (excluding diaryl/α,β-unsaturated/α-hetero) is 1. The van der Waals surface area contributed by atoms with E-state index in [-0.39, 0.29) is 16.8 Å². The molecule has 7 heteroatoms. The molecule has 0 radical (unpaired) electrons. The number of amidine groups is 1. The summed E-state index contributed by atoms with van der Waals surface area (Å²) in [6, 6.07) is 12.3.